The summed E-state index contributed by atoms with van der Waals surface area (Å²) in [6.45, 7) is 0.371. The molecule has 4 nitrogen and oxygen atoms in total. The molecule has 6 heteroatoms. The van der Waals surface area contributed by atoms with Crippen LogP contribution in [-0.2, 0) is 11.3 Å². The molecular formula is C13H16F2N2O2. The van der Waals surface area contributed by atoms with Crippen molar-refractivity contribution in [3.05, 3.63) is 35.9 Å². The van der Waals surface area contributed by atoms with Crippen molar-refractivity contribution in [3.8, 4) is 0 Å². The smallest absolute Gasteiger partial charge is 0.407 e. The van der Waals surface area contributed by atoms with Gasteiger partial charge in [0.05, 0.1) is 0 Å². The summed E-state index contributed by atoms with van der Waals surface area (Å²) in [5.41, 5.74) is 0.811. The highest BCUT2D eigenvalue weighted by atomic mass is 19.3. The van der Waals surface area contributed by atoms with E-state index in [1.807, 2.05) is 18.2 Å². The Hall–Kier alpha value is -1.69. The number of alkyl carbamates (subject to hydrolysis) is 1. The van der Waals surface area contributed by atoms with E-state index in [1.54, 1.807) is 12.1 Å². The highest BCUT2D eigenvalue weighted by molar-refractivity contribution is 5.67. The van der Waals surface area contributed by atoms with Gasteiger partial charge in [-0.1, -0.05) is 30.3 Å². The van der Waals surface area contributed by atoms with Gasteiger partial charge >= 0.3 is 6.09 Å². The molecule has 1 fully saturated rings. The number of nitrogens with one attached hydrogen (secondary N) is 2. The largest absolute Gasteiger partial charge is 0.445 e. The molecule has 0 radical (unpaired) electrons. The predicted molar refractivity (Wildman–Crippen MR) is 66.0 cm³/mol. The van der Waals surface area contributed by atoms with Gasteiger partial charge in [-0.2, -0.15) is 0 Å². The van der Waals surface area contributed by atoms with E-state index >= 15 is 0 Å². The number of rotatable bonds is 3. The molecule has 2 N–H and O–H groups in total. The van der Waals surface area contributed by atoms with Crippen LogP contribution < -0.4 is 10.6 Å². The molecule has 1 aliphatic rings. The molecule has 1 amide bonds. The summed E-state index contributed by atoms with van der Waals surface area (Å²) in [7, 11) is 0. The Kier molecular flexibility index (Phi) is 4.31. The number of alkyl halides is 2. The van der Waals surface area contributed by atoms with Crippen molar-refractivity contribution in [1.82, 2.24) is 10.6 Å². The molecule has 1 unspecified atom stereocenters. The molecule has 0 bridgehead atoms. The van der Waals surface area contributed by atoms with E-state index in [1.165, 1.54) is 0 Å². The SMILES string of the molecule is O=C(NC1CNCCC1(F)F)OCc1ccccc1. The molecule has 1 aromatic rings. The van der Waals surface area contributed by atoms with Gasteiger partial charge in [-0.15, -0.1) is 0 Å². The average Bonchev–Trinajstić information content (AvgIpc) is 2.40. The number of halogens is 2. The highest BCUT2D eigenvalue weighted by Gasteiger charge is 2.42. The maximum Gasteiger partial charge on any atom is 0.407 e. The third-order valence-corrected chi connectivity index (χ3v) is 3.00. The van der Waals surface area contributed by atoms with Gasteiger partial charge in [-0.25, -0.2) is 13.6 Å². The van der Waals surface area contributed by atoms with E-state index < -0.39 is 18.1 Å². The van der Waals surface area contributed by atoms with Crippen molar-refractivity contribution in [2.75, 3.05) is 13.1 Å². The van der Waals surface area contributed by atoms with Crippen LogP contribution in [0.2, 0.25) is 0 Å². The first-order valence-electron chi connectivity index (χ1n) is 6.14. The molecule has 0 aliphatic carbocycles. The molecule has 19 heavy (non-hydrogen) atoms. The number of amides is 1. The monoisotopic (exact) mass is 270 g/mol. The summed E-state index contributed by atoms with van der Waals surface area (Å²) in [6.07, 6.45) is -1.10. The zero-order valence-corrected chi connectivity index (χ0v) is 10.4. The van der Waals surface area contributed by atoms with Crippen LogP contribution in [0.3, 0.4) is 0 Å². The lowest BCUT2D eigenvalue weighted by atomic mass is 10.0. The Labute approximate surface area is 110 Å². The minimum absolute atomic E-state index is 0.0490. The Balaban J connectivity index is 1.81. The van der Waals surface area contributed by atoms with Gasteiger partial charge in [0, 0.05) is 19.5 Å². The van der Waals surface area contributed by atoms with E-state index in [9.17, 15) is 13.6 Å². The third kappa shape index (κ3) is 3.89. The van der Waals surface area contributed by atoms with Crippen LogP contribution >= 0.6 is 0 Å². The zero-order chi connectivity index (χ0) is 13.7. The molecule has 2 rings (SSSR count). The van der Waals surface area contributed by atoms with Gasteiger partial charge in [0.25, 0.3) is 5.92 Å². The summed E-state index contributed by atoms with van der Waals surface area (Å²) in [4.78, 5) is 11.5. The van der Waals surface area contributed by atoms with E-state index in [-0.39, 0.29) is 26.1 Å². The van der Waals surface area contributed by atoms with Crippen molar-refractivity contribution in [2.24, 2.45) is 0 Å². The van der Waals surface area contributed by atoms with E-state index in [0.717, 1.165) is 5.56 Å². The van der Waals surface area contributed by atoms with Crippen LogP contribution in [0, 0.1) is 0 Å². The second kappa shape index (κ2) is 5.97. The zero-order valence-electron chi connectivity index (χ0n) is 10.4. The highest BCUT2D eigenvalue weighted by Crippen LogP contribution is 2.25. The van der Waals surface area contributed by atoms with Crippen molar-refractivity contribution < 1.29 is 18.3 Å². The molecule has 1 heterocycles. The summed E-state index contributed by atoms with van der Waals surface area (Å²) < 4.78 is 31.9. The molecule has 0 saturated carbocycles. The van der Waals surface area contributed by atoms with Gasteiger partial charge < -0.3 is 15.4 Å². The summed E-state index contributed by atoms with van der Waals surface area (Å²) in [6, 6.07) is 7.85. The molecule has 104 valence electrons. The first-order chi connectivity index (χ1) is 9.08. The summed E-state index contributed by atoms with van der Waals surface area (Å²) in [5.74, 6) is -2.89. The second-order valence-electron chi connectivity index (χ2n) is 4.47. The van der Waals surface area contributed by atoms with E-state index in [2.05, 4.69) is 10.6 Å². The number of carbonyl (C=O) groups excluding carboxylic acids is 1. The number of benzene rings is 1. The molecule has 1 aliphatic heterocycles. The van der Waals surface area contributed by atoms with Crippen LogP contribution in [0.1, 0.15) is 12.0 Å². The fourth-order valence-corrected chi connectivity index (χ4v) is 1.89. The van der Waals surface area contributed by atoms with Crippen LogP contribution in [0.4, 0.5) is 13.6 Å². The maximum atomic E-state index is 13.5. The molecular weight excluding hydrogens is 254 g/mol. The normalized spacial score (nSPS) is 21.7. The van der Waals surface area contributed by atoms with Gasteiger partial charge in [-0.05, 0) is 5.56 Å². The Morgan fingerprint density at radius 2 is 2.16 bits per heavy atom. The van der Waals surface area contributed by atoms with Gasteiger partial charge in [0.1, 0.15) is 12.6 Å². The van der Waals surface area contributed by atoms with Gasteiger partial charge in [0.2, 0.25) is 0 Å². The summed E-state index contributed by atoms with van der Waals surface area (Å²) in [5, 5.41) is 5.03. The number of carbonyl (C=O) groups is 1. The van der Waals surface area contributed by atoms with Crippen molar-refractivity contribution in [2.45, 2.75) is 25.0 Å². The van der Waals surface area contributed by atoms with Crippen LogP contribution in [0.5, 0.6) is 0 Å². The Morgan fingerprint density at radius 1 is 1.42 bits per heavy atom. The number of hydrogen-bond acceptors (Lipinski definition) is 3. The minimum Gasteiger partial charge on any atom is -0.445 e. The lowest BCUT2D eigenvalue weighted by molar-refractivity contribution is -0.0559. The van der Waals surface area contributed by atoms with Crippen molar-refractivity contribution in [3.63, 3.8) is 0 Å². The quantitative estimate of drug-likeness (QED) is 0.882. The minimum atomic E-state index is -2.89. The number of piperidine rings is 1. The fourth-order valence-electron chi connectivity index (χ4n) is 1.89. The lowest BCUT2D eigenvalue weighted by Gasteiger charge is -2.31. The Bertz CT molecular complexity index is 426. The third-order valence-electron chi connectivity index (χ3n) is 3.00. The predicted octanol–water partition coefficient (Wildman–Crippen LogP) is 1.91. The van der Waals surface area contributed by atoms with Crippen LogP contribution in [0.25, 0.3) is 0 Å². The first kappa shape index (κ1) is 13.7. The molecule has 1 atom stereocenters. The standard InChI is InChI=1S/C13H16F2N2O2/c14-13(15)6-7-16-8-11(13)17-12(18)19-9-10-4-2-1-3-5-10/h1-5,11,16H,6-9H2,(H,17,18). The average molecular weight is 270 g/mol. The molecule has 0 aromatic heterocycles. The summed E-state index contributed by atoms with van der Waals surface area (Å²) >= 11 is 0. The van der Waals surface area contributed by atoms with Gasteiger partial charge in [-0.3, -0.25) is 0 Å². The number of ether oxygens (including phenoxy) is 1. The van der Waals surface area contributed by atoms with Gasteiger partial charge in [0.15, 0.2) is 0 Å². The van der Waals surface area contributed by atoms with E-state index in [0.29, 0.717) is 0 Å². The first-order valence-corrected chi connectivity index (χ1v) is 6.14. The Morgan fingerprint density at radius 3 is 2.84 bits per heavy atom. The lowest BCUT2D eigenvalue weighted by Crippen LogP contribution is -2.57. The topological polar surface area (TPSA) is 50.4 Å². The fraction of sp³-hybridized carbons (Fsp3) is 0.462. The maximum absolute atomic E-state index is 13.5. The second-order valence-corrected chi connectivity index (χ2v) is 4.47. The van der Waals surface area contributed by atoms with Crippen molar-refractivity contribution in [1.29, 1.82) is 0 Å². The molecule has 1 aromatic carbocycles. The number of hydrogen-bond donors (Lipinski definition) is 2. The molecule has 0 spiro atoms. The van der Waals surface area contributed by atoms with Crippen molar-refractivity contribution >= 4 is 6.09 Å². The van der Waals surface area contributed by atoms with Crippen LogP contribution in [-0.4, -0.2) is 31.1 Å². The molecule has 1 saturated heterocycles. The van der Waals surface area contributed by atoms with E-state index in [4.69, 9.17) is 4.74 Å². The van der Waals surface area contributed by atoms with Crippen LogP contribution in [0.15, 0.2) is 30.3 Å².